The highest BCUT2D eigenvalue weighted by Crippen LogP contribution is 2.49. The van der Waals surface area contributed by atoms with Crippen LogP contribution in [0.15, 0.2) is 59.5 Å². The van der Waals surface area contributed by atoms with E-state index in [2.05, 4.69) is 13.8 Å². The van der Waals surface area contributed by atoms with E-state index in [1.165, 1.54) is 0 Å². The smallest absolute Gasteiger partial charge is 0.244 e. The van der Waals surface area contributed by atoms with E-state index in [0.29, 0.717) is 43.3 Å². The number of nitrogens with zero attached hydrogens (tertiary/aromatic N) is 2. The molecule has 2 heterocycles. The number of carbonyl (C=O) groups is 1. The molecule has 6 heteroatoms. The molecule has 2 aromatic carbocycles. The molecule has 0 N–H and O–H groups in total. The van der Waals surface area contributed by atoms with Crippen LogP contribution in [0.3, 0.4) is 0 Å². The Bertz CT molecular complexity index is 1000. The van der Waals surface area contributed by atoms with Crippen LogP contribution in [-0.4, -0.2) is 43.2 Å². The number of hydrogen-bond acceptors (Lipinski definition) is 3. The van der Waals surface area contributed by atoms with Crippen LogP contribution < -0.4 is 0 Å². The molecule has 2 aliphatic rings. The maximum Gasteiger partial charge on any atom is 0.244 e. The van der Waals surface area contributed by atoms with Crippen LogP contribution in [0.5, 0.6) is 0 Å². The summed E-state index contributed by atoms with van der Waals surface area (Å²) in [5, 5.41) is 0. The largest absolute Gasteiger partial charge is 0.340 e. The molecule has 2 aromatic rings. The Hall–Kier alpha value is -2.18. The molecule has 2 aliphatic heterocycles. The molecular formula is C23H28N2O3S. The molecule has 5 nitrogen and oxygen atoms in total. The van der Waals surface area contributed by atoms with E-state index in [1.807, 2.05) is 47.4 Å². The third-order valence-corrected chi connectivity index (χ3v) is 8.17. The summed E-state index contributed by atoms with van der Waals surface area (Å²) in [5.74, 6) is 0.460. The van der Waals surface area contributed by atoms with Gasteiger partial charge >= 0.3 is 0 Å². The van der Waals surface area contributed by atoms with Crippen molar-refractivity contribution in [1.29, 1.82) is 0 Å². The van der Waals surface area contributed by atoms with E-state index < -0.39 is 15.6 Å². The topological polar surface area (TPSA) is 57.7 Å². The van der Waals surface area contributed by atoms with Crippen LogP contribution in [0.4, 0.5) is 0 Å². The van der Waals surface area contributed by atoms with Crippen LogP contribution >= 0.6 is 0 Å². The molecule has 1 amide bonds. The highest BCUT2D eigenvalue weighted by molar-refractivity contribution is 7.89. The SMILES string of the molecule is CC(C)CCN1C2(CCN(C(=O)Cc3ccccc3)C2)c2ccccc2S1(=O)=O. The van der Waals surface area contributed by atoms with Gasteiger partial charge in [-0.3, -0.25) is 4.79 Å². The van der Waals surface area contributed by atoms with Crippen molar-refractivity contribution in [1.82, 2.24) is 9.21 Å². The molecule has 0 bridgehead atoms. The van der Waals surface area contributed by atoms with Gasteiger partial charge in [0.1, 0.15) is 0 Å². The fraction of sp³-hybridized carbons (Fsp3) is 0.435. The minimum Gasteiger partial charge on any atom is -0.340 e. The fourth-order valence-corrected chi connectivity index (χ4v) is 6.66. The van der Waals surface area contributed by atoms with Gasteiger partial charge in [0, 0.05) is 19.6 Å². The molecule has 1 saturated heterocycles. The molecule has 154 valence electrons. The Kier molecular flexibility index (Phi) is 5.25. The number of sulfonamides is 1. The zero-order valence-electron chi connectivity index (χ0n) is 17.0. The molecule has 4 rings (SSSR count). The molecular weight excluding hydrogens is 384 g/mol. The third-order valence-electron chi connectivity index (χ3n) is 6.14. The first-order chi connectivity index (χ1) is 13.8. The predicted molar refractivity (Wildman–Crippen MR) is 113 cm³/mol. The number of likely N-dealkylation sites (tertiary alicyclic amines) is 1. The molecule has 0 aliphatic carbocycles. The number of rotatable bonds is 5. The summed E-state index contributed by atoms with van der Waals surface area (Å²) in [6.45, 7) is 5.69. The van der Waals surface area contributed by atoms with Gasteiger partial charge in [0.2, 0.25) is 15.9 Å². The molecule has 0 aromatic heterocycles. The summed E-state index contributed by atoms with van der Waals surface area (Å²) in [5.41, 5.74) is 1.18. The van der Waals surface area contributed by atoms with Crippen molar-refractivity contribution in [3.63, 3.8) is 0 Å². The fourth-order valence-electron chi connectivity index (χ4n) is 4.58. The maximum absolute atomic E-state index is 13.3. The average Bonchev–Trinajstić information content (AvgIpc) is 3.21. The summed E-state index contributed by atoms with van der Waals surface area (Å²) < 4.78 is 28.4. The van der Waals surface area contributed by atoms with Gasteiger partial charge < -0.3 is 4.90 Å². The number of hydrogen-bond donors (Lipinski definition) is 0. The second-order valence-corrected chi connectivity index (χ2v) is 10.3. The van der Waals surface area contributed by atoms with E-state index in [1.54, 1.807) is 16.4 Å². The zero-order valence-corrected chi connectivity index (χ0v) is 17.9. The van der Waals surface area contributed by atoms with Gasteiger partial charge in [0.25, 0.3) is 0 Å². The highest BCUT2D eigenvalue weighted by atomic mass is 32.2. The van der Waals surface area contributed by atoms with Gasteiger partial charge in [-0.1, -0.05) is 62.4 Å². The van der Waals surface area contributed by atoms with Gasteiger partial charge in [-0.2, -0.15) is 4.31 Å². The molecule has 1 fully saturated rings. The van der Waals surface area contributed by atoms with E-state index in [9.17, 15) is 13.2 Å². The van der Waals surface area contributed by atoms with E-state index in [0.717, 1.165) is 17.5 Å². The summed E-state index contributed by atoms with van der Waals surface area (Å²) in [6, 6.07) is 17.0. The average molecular weight is 413 g/mol. The number of fused-ring (bicyclic) bond motifs is 2. The minimum absolute atomic E-state index is 0.0543. The maximum atomic E-state index is 13.3. The van der Waals surface area contributed by atoms with Crippen LogP contribution in [0, 0.1) is 5.92 Å². The summed E-state index contributed by atoms with van der Waals surface area (Å²) in [6.07, 6.45) is 1.78. The quantitative estimate of drug-likeness (QED) is 0.756. The van der Waals surface area contributed by atoms with Crippen LogP contribution in [0.1, 0.15) is 37.8 Å². The normalized spacial score (nSPS) is 23.1. The first-order valence-corrected chi connectivity index (χ1v) is 11.7. The Balaban J connectivity index is 1.64. The number of amides is 1. The van der Waals surface area contributed by atoms with E-state index >= 15 is 0 Å². The molecule has 0 radical (unpaired) electrons. The van der Waals surface area contributed by atoms with E-state index in [4.69, 9.17) is 0 Å². The lowest BCUT2D eigenvalue weighted by atomic mass is 9.88. The van der Waals surface area contributed by atoms with Gasteiger partial charge in [0.15, 0.2) is 0 Å². The standard InChI is InChI=1S/C23H28N2O3S/c1-18(2)12-14-25-23(20-10-6-7-11-21(20)29(25,27)28)13-15-24(17-23)22(26)16-19-8-4-3-5-9-19/h3-11,18H,12-17H2,1-2H3. The monoisotopic (exact) mass is 412 g/mol. The van der Waals surface area contributed by atoms with Crippen molar-refractivity contribution in [3.05, 3.63) is 65.7 Å². The van der Waals surface area contributed by atoms with Crippen molar-refractivity contribution in [2.24, 2.45) is 5.92 Å². The Morgan fingerprint density at radius 1 is 1.07 bits per heavy atom. The van der Waals surface area contributed by atoms with Crippen molar-refractivity contribution < 1.29 is 13.2 Å². The Morgan fingerprint density at radius 2 is 1.76 bits per heavy atom. The van der Waals surface area contributed by atoms with Crippen molar-refractivity contribution in [3.8, 4) is 0 Å². The minimum atomic E-state index is -3.55. The molecule has 1 atom stereocenters. The second kappa shape index (κ2) is 7.58. The molecule has 0 saturated carbocycles. The van der Waals surface area contributed by atoms with Crippen LogP contribution in [0.2, 0.25) is 0 Å². The molecule has 1 spiro atoms. The van der Waals surface area contributed by atoms with Gasteiger partial charge in [-0.15, -0.1) is 0 Å². The van der Waals surface area contributed by atoms with Crippen molar-refractivity contribution >= 4 is 15.9 Å². The summed E-state index contributed by atoms with van der Waals surface area (Å²) >= 11 is 0. The summed E-state index contributed by atoms with van der Waals surface area (Å²) in [7, 11) is -3.55. The Labute approximate surface area is 173 Å². The number of benzene rings is 2. The van der Waals surface area contributed by atoms with Gasteiger partial charge in [-0.05, 0) is 36.0 Å². The second-order valence-electron chi connectivity index (χ2n) is 8.52. The van der Waals surface area contributed by atoms with Crippen LogP contribution in [0.25, 0.3) is 0 Å². The Morgan fingerprint density at radius 3 is 2.48 bits per heavy atom. The van der Waals surface area contributed by atoms with Crippen molar-refractivity contribution in [2.75, 3.05) is 19.6 Å². The predicted octanol–water partition coefficient (Wildman–Crippen LogP) is 3.41. The third kappa shape index (κ3) is 3.49. The molecule has 1 unspecified atom stereocenters. The summed E-state index contributed by atoms with van der Waals surface area (Å²) in [4.78, 5) is 15.2. The highest BCUT2D eigenvalue weighted by Gasteiger charge is 2.56. The number of carbonyl (C=O) groups excluding carboxylic acids is 1. The first-order valence-electron chi connectivity index (χ1n) is 10.3. The molecule has 29 heavy (non-hydrogen) atoms. The van der Waals surface area contributed by atoms with Crippen molar-refractivity contribution in [2.45, 2.75) is 43.5 Å². The van der Waals surface area contributed by atoms with Crippen LogP contribution in [-0.2, 0) is 26.8 Å². The lowest BCUT2D eigenvalue weighted by molar-refractivity contribution is -0.129. The van der Waals surface area contributed by atoms with E-state index in [-0.39, 0.29) is 5.91 Å². The van der Waals surface area contributed by atoms with Gasteiger partial charge in [0.05, 0.1) is 16.9 Å². The lowest BCUT2D eigenvalue weighted by Gasteiger charge is -2.34. The van der Waals surface area contributed by atoms with Gasteiger partial charge in [-0.25, -0.2) is 8.42 Å². The first kappa shape index (κ1) is 20.1. The lowest BCUT2D eigenvalue weighted by Crippen LogP contribution is -2.47. The zero-order chi connectivity index (χ0) is 20.6.